The molecule has 0 aliphatic carbocycles. The van der Waals surface area contributed by atoms with Crippen LogP contribution in [0.15, 0.2) is 12.4 Å². The van der Waals surface area contributed by atoms with Gasteiger partial charge in [0.15, 0.2) is 5.69 Å². The molecule has 7 nitrogen and oxygen atoms in total. The number of hydrogen-bond acceptors (Lipinski definition) is 6. The van der Waals surface area contributed by atoms with Crippen molar-refractivity contribution in [2.45, 2.75) is 19.9 Å². The molecule has 0 saturated carbocycles. The molecule has 98 valence electrons. The molecule has 0 fully saturated rings. The van der Waals surface area contributed by atoms with Crippen molar-refractivity contribution in [3.63, 3.8) is 0 Å². The SMILES string of the molecule is COC(=O)c1cnc(NCC(=O)NC(C)C)cn1. The van der Waals surface area contributed by atoms with Gasteiger partial charge < -0.3 is 15.4 Å². The predicted molar refractivity (Wildman–Crippen MR) is 65.1 cm³/mol. The van der Waals surface area contributed by atoms with Crippen molar-refractivity contribution >= 4 is 17.7 Å². The second kappa shape index (κ2) is 6.53. The van der Waals surface area contributed by atoms with E-state index in [0.717, 1.165) is 0 Å². The average Bonchev–Trinajstić information content (AvgIpc) is 2.35. The summed E-state index contributed by atoms with van der Waals surface area (Å²) in [5.74, 6) is -0.267. The van der Waals surface area contributed by atoms with Gasteiger partial charge in [0.2, 0.25) is 5.91 Å². The molecule has 0 bridgehead atoms. The second-order valence-electron chi connectivity index (χ2n) is 3.85. The van der Waals surface area contributed by atoms with E-state index in [1.807, 2.05) is 13.8 Å². The minimum atomic E-state index is -0.549. The fraction of sp³-hybridized carbons (Fsp3) is 0.455. The van der Waals surface area contributed by atoms with Crippen molar-refractivity contribution in [2.24, 2.45) is 0 Å². The Morgan fingerprint density at radius 1 is 1.33 bits per heavy atom. The molecular weight excluding hydrogens is 236 g/mol. The van der Waals surface area contributed by atoms with Crippen LogP contribution in [0.3, 0.4) is 0 Å². The Morgan fingerprint density at radius 3 is 2.56 bits per heavy atom. The molecule has 1 aromatic heterocycles. The number of aromatic nitrogens is 2. The Morgan fingerprint density at radius 2 is 2.06 bits per heavy atom. The molecule has 0 aliphatic heterocycles. The largest absolute Gasteiger partial charge is 0.464 e. The van der Waals surface area contributed by atoms with Crippen LogP contribution in [0.25, 0.3) is 0 Å². The highest BCUT2D eigenvalue weighted by Gasteiger charge is 2.08. The van der Waals surface area contributed by atoms with E-state index in [2.05, 4.69) is 25.3 Å². The Hall–Kier alpha value is -2.18. The lowest BCUT2D eigenvalue weighted by Gasteiger charge is -2.09. The van der Waals surface area contributed by atoms with Crippen LogP contribution in [0, 0.1) is 0 Å². The summed E-state index contributed by atoms with van der Waals surface area (Å²) in [6, 6.07) is 0.0899. The molecule has 0 saturated heterocycles. The van der Waals surface area contributed by atoms with Gasteiger partial charge in [0.25, 0.3) is 0 Å². The van der Waals surface area contributed by atoms with Gasteiger partial charge in [0.05, 0.1) is 26.0 Å². The van der Waals surface area contributed by atoms with E-state index in [1.54, 1.807) is 0 Å². The van der Waals surface area contributed by atoms with Crippen molar-refractivity contribution in [1.82, 2.24) is 15.3 Å². The van der Waals surface area contributed by atoms with Crippen LogP contribution in [0.5, 0.6) is 0 Å². The summed E-state index contributed by atoms with van der Waals surface area (Å²) in [6.45, 7) is 3.86. The number of carbonyl (C=O) groups is 2. The van der Waals surface area contributed by atoms with E-state index in [1.165, 1.54) is 19.5 Å². The highest BCUT2D eigenvalue weighted by atomic mass is 16.5. The summed E-state index contributed by atoms with van der Waals surface area (Å²) < 4.78 is 4.49. The van der Waals surface area contributed by atoms with Crippen LogP contribution in [0.4, 0.5) is 5.82 Å². The van der Waals surface area contributed by atoms with Gasteiger partial charge in [-0.3, -0.25) is 4.79 Å². The standard InChI is InChI=1S/C11H16N4O3/c1-7(2)15-10(16)6-14-9-5-12-8(4-13-9)11(17)18-3/h4-5,7H,6H2,1-3H3,(H,13,14)(H,15,16). The maximum atomic E-state index is 11.4. The zero-order valence-electron chi connectivity index (χ0n) is 10.6. The van der Waals surface area contributed by atoms with Gasteiger partial charge in [-0.2, -0.15) is 0 Å². The second-order valence-corrected chi connectivity index (χ2v) is 3.85. The summed E-state index contributed by atoms with van der Waals surface area (Å²) in [6.07, 6.45) is 2.66. The van der Waals surface area contributed by atoms with Crippen LogP contribution >= 0.6 is 0 Å². The molecule has 0 radical (unpaired) electrons. The van der Waals surface area contributed by atoms with Gasteiger partial charge in [-0.1, -0.05) is 0 Å². The molecule has 18 heavy (non-hydrogen) atoms. The van der Waals surface area contributed by atoms with Crippen LogP contribution in [0.1, 0.15) is 24.3 Å². The minimum Gasteiger partial charge on any atom is -0.464 e. The summed E-state index contributed by atoms with van der Waals surface area (Å²) >= 11 is 0. The van der Waals surface area contributed by atoms with E-state index in [4.69, 9.17) is 0 Å². The van der Waals surface area contributed by atoms with Crippen molar-refractivity contribution in [3.8, 4) is 0 Å². The molecule has 1 amide bonds. The molecule has 1 aromatic rings. The Balaban J connectivity index is 2.49. The van der Waals surface area contributed by atoms with Crippen LogP contribution < -0.4 is 10.6 Å². The molecule has 0 aromatic carbocycles. The fourth-order valence-electron chi connectivity index (χ4n) is 1.17. The van der Waals surface area contributed by atoms with Gasteiger partial charge >= 0.3 is 5.97 Å². The molecule has 1 rings (SSSR count). The lowest BCUT2D eigenvalue weighted by atomic mass is 10.4. The monoisotopic (exact) mass is 252 g/mol. The third-order valence-corrected chi connectivity index (χ3v) is 1.93. The summed E-state index contributed by atoms with van der Waals surface area (Å²) in [5, 5.41) is 5.52. The van der Waals surface area contributed by atoms with Crippen molar-refractivity contribution in [2.75, 3.05) is 19.0 Å². The summed E-state index contributed by atoms with van der Waals surface area (Å²) in [5.41, 5.74) is 0.120. The normalized spacial score (nSPS) is 10.0. The first kappa shape index (κ1) is 13.9. The zero-order valence-corrected chi connectivity index (χ0v) is 10.6. The number of rotatable bonds is 5. The van der Waals surface area contributed by atoms with Crippen LogP contribution in [-0.2, 0) is 9.53 Å². The lowest BCUT2D eigenvalue weighted by molar-refractivity contribution is -0.119. The summed E-state index contributed by atoms with van der Waals surface area (Å²) in [7, 11) is 1.27. The fourth-order valence-corrected chi connectivity index (χ4v) is 1.17. The minimum absolute atomic E-state index is 0.0899. The first-order valence-corrected chi connectivity index (χ1v) is 5.46. The van der Waals surface area contributed by atoms with Gasteiger partial charge in [-0.15, -0.1) is 0 Å². The number of hydrogen-bond donors (Lipinski definition) is 2. The van der Waals surface area contributed by atoms with E-state index >= 15 is 0 Å². The smallest absolute Gasteiger partial charge is 0.358 e. The van der Waals surface area contributed by atoms with Gasteiger partial charge in [0, 0.05) is 6.04 Å². The van der Waals surface area contributed by atoms with Crippen molar-refractivity contribution in [1.29, 1.82) is 0 Å². The Labute approximate surface area is 105 Å². The maximum absolute atomic E-state index is 11.4. The van der Waals surface area contributed by atoms with Gasteiger partial charge in [-0.25, -0.2) is 14.8 Å². The molecule has 0 atom stereocenters. The number of nitrogens with one attached hydrogen (secondary N) is 2. The van der Waals surface area contributed by atoms with Crippen molar-refractivity contribution < 1.29 is 14.3 Å². The highest BCUT2D eigenvalue weighted by Crippen LogP contribution is 2.01. The van der Waals surface area contributed by atoms with Crippen LogP contribution in [-0.4, -0.2) is 41.5 Å². The molecular formula is C11H16N4O3. The van der Waals surface area contributed by atoms with E-state index in [-0.39, 0.29) is 24.2 Å². The number of ether oxygens (including phenoxy) is 1. The van der Waals surface area contributed by atoms with E-state index in [0.29, 0.717) is 5.82 Å². The highest BCUT2D eigenvalue weighted by molar-refractivity contribution is 5.86. The predicted octanol–water partition coefficient (Wildman–Crippen LogP) is 0.200. The topological polar surface area (TPSA) is 93.2 Å². The third-order valence-electron chi connectivity index (χ3n) is 1.93. The number of methoxy groups -OCH3 is 1. The quantitative estimate of drug-likeness (QED) is 0.727. The Kier molecular flexibility index (Phi) is 5.04. The van der Waals surface area contributed by atoms with Crippen molar-refractivity contribution in [3.05, 3.63) is 18.1 Å². The molecule has 0 spiro atoms. The molecule has 0 aliphatic rings. The lowest BCUT2D eigenvalue weighted by Crippen LogP contribution is -2.35. The molecule has 2 N–H and O–H groups in total. The number of amides is 1. The van der Waals surface area contributed by atoms with Crippen LogP contribution in [0.2, 0.25) is 0 Å². The summed E-state index contributed by atoms with van der Waals surface area (Å²) in [4.78, 5) is 30.3. The number of nitrogens with zero attached hydrogens (tertiary/aromatic N) is 2. The average molecular weight is 252 g/mol. The van der Waals surface area contributed by atoms with Gasteiger partial charge in [0.1, 0.15) is 5.82 Å². The number of esters is 1. The van der Waals surface area contributed by atoms with Gasteiger partial charge in [-0.05, 0) is 13.8 Å². The molecule has 0 unspecified atom stereocenters. The maximum Gasteiger partial charge on any atom is 0.358 e. The van der Waals surface area contributed by atoms with E-state index in [9.17, 15) is 9.59 Å². The first-order valence-electron chi connectivity index (χ1n) is 5.46. The number of carbonyl (C=O) groups excluding carboxylic acids is 2. The first-order chi connectivity index (χ1) is 8.52. The molecule has 1 heterocycles. The number of anilines is 1. The zero-order chi connectivity index (χ0) is 13.5. The molecule has 7 heteroatoms. The van der Waals surface area contributed by atoms with E-state index < -0.39 is 5.97 Å². The Bertz CT molecular complexity index is 417. The third kappa shape index (κ3) is 4.36.